The second-order valence-electron chi connectivity index (χ2n) is 5.66. The molecule has 4 heteroatoms. The molecule has 114 valence electrons. The Morgan fingerprint density at radius 3 is 2.33 bits per heavy atom. The lowest BCUT2D eigenvalue weighted by Gasteiger charge is -2.18. The third-order valence-electron chi connectivity index (χ3n) is 4.11. The maximum atomic E-state index is 12.1. The molecule has 2 rings (SSSR count). The Kier molecular flexibility index (Phi) is 4.99. The van der Waals surface area contributed by atoms with Gasteiger partial charge in [-0.05, 0) is 32.8 Å². The Morgan fingerprint density at radius 2 is 1.76 bits per heavy atom. The highest BCUT2D eigenvalue weighted by Gasteiger charge is 2.48. The second-order valence-corrected chi connectivity index (χ2v) is 5.66. The zero-order valence-corrected chi connectivity index (χ0v) is 13.1. The largest absolute Gasteiger partial charge is 0.352 e. The Morgan fingerprint density at radius 1 is 1.14 bits per heavy atom. The van der Waals surface area contributed by atoms with Gasteiger partial charge in [-0.15, -0.1) is 0 Å². The number of hydrogen-bond donors (Lipinski definition) is 1. The lowest BCUT2D eigenvalue weighted by Crippen LogP contribution is -2.34. The van der Waals surface area contributed by atoms with E-state index in [9.17, 15) is 9.59 Å². The van der Waals surface area contributed by atoms with Crippen molar-refractivity contribution < 1.29 is 9.59 Å². The number of aryl methyl sites for hydroxylation is 1. The van der Waals surface area contributed by atoms with Gasteiger partial charge in [0.05, 0.1) is 11.8 Å². The van der Waals surface area contributed by atoms with Crippen LogP contribution in [0.4, 0.5) is 0 Å². The quantitative estimate of drug-likeness (QED) is 0.871. The topological polar surface area (TPSA) is 49.4 Å². The number of amides is 2. The van der Waals surface area contributed by atoms with E-state index in [1.807, 2.05) is 45.0 Å². The Balaban J connectivity index is 1.80. The molecule has 2 atom stereocenters. The second kappa shape index (κ2) is 6.74. The van der Waals surface area contributed by atoms with E-state index in [-0.39, 0.29) is 23.7 Å². The van der Waals surface area contributed by atoms with Gasteiger partial charge in [-0.3, -0.25) is 9.59 Å². The molecule has 1 aliphatic rings. The van der Waals surface area contributed by atoms with E-state index in [1.165, 1.54) is 5.56 Å². The van der Waals surface area contributed by atoms with E-state index in [4.69, 9.17) is 0 Å². The van der Waals surface area contributed by atoms with Gasteiger partial charge in [-0.1, -0.05) is 29.8 Å². The standard InChI is InChI=1S/C17H24N2O2/c1-4-19(5-2)17(21)15-10-14(15)16(20)18-11-13-8-6-12(3)7-9-13/h6-9,14-15H,4-5,10-11H2,1-3H3,(H,18,20). The van der Waals surface area contributed by atoms with Crippen LogP contribution < -0.4 is 5.32 Å². The molecule has 0 aliphatic heterocycles. The summed E-state index contributed by atoms with van der Waals surface area (Å²) in [6, 6.07) is 8.10. The molecule has 0 aromatic heterocycles. The van der Waals surface area contributed by atoms with Gasteiger partial charge in [-0.2, -0.15) is 0 Å². The molecule has 1 N–H and O–H groups in total. The molecule has 1 aliphatic carbocycles. The Labute approximate surface area is 126 Å². The van der Waals surface area contributed by atoms with Gasteiger partial charge in [0.1, 0.15) is 0 Å². The van der Waals surface area contributed by atoms with Crippen LogP contribution in [0.15, 0.2) is 24.3 Å². The molecular formula is C17H24N2O2. The molecule has 0 heterocycles. The number of nitrogens with zero attached hydrogens (tertiary/aromatic N) is 1. The van der Waals surface area contributed by atoms with Gasteiger partial charge in [0.15, 0.2) is 0 Å². The van der Waals surface area contributed by atoms with Gasteiger partial charge in [0.25, 0.3) is 0 Å². The fraction of sp³-hybridized carbons (Fsp3) is 0.529. The molecule has 1 aromatic carbocycles. The summed E-state index contributed by atoms with van der Waals surface area (Å²) in [7, 11) is 0. The first-order chi connectivity index (χ1) is 10.1. The zero-order chi connectivity index (χ0) is 15.4. The summed E-state index contributed by atoms with van der Waals surface area (Å²) in [5.74, 6) is -0.122. The average Bonchev–Trinajstić information content (AvgIpc) is 3.28. The Bertz CT molecular complexity index is 506. The van der Waals surface area contributed by atoms with E-state index in [0.29, 0.717) is 26.1 Å². The normalized spacial score (nSPS) is 20.0. The maximum Gasteiger partial charge on any atom is 0.226 e. The summed E-state index contributed by atoms with van der Waals surface area (Å²) in [4.78, 5) is 26.0. The molecule has 2 amide bonds. The predicted molar refractivity (Wildman–Crippen MR) is 82.6 cm³/mol. The molecule has 21 heavy (non-hydrogen) atoms. The van der Waals surface area contributed by atoms with Crippen LogP contribution >= 0.6 is 0 Å². The van der Waals surface area contributed by atoms with E-state index < -0.39 is 0 Å². The monoisotopic (exact) mass is 288 g/mol. The number of benzene rings is 1. The minimum Gasteiger partial charge on any atom is -0.352 e. The van der Waals surface area contributed by atoms with Crippen molar-refractivity contribution in [3.8, 4) is 0 Å². The minimum absolute atomic E-state index is 0.00100. The van der Waals surface area contributed by atoms with Crippen molar-refractivity contribution in [3.05, 3.63) is 35.4 Å². The fourth-order valence-electron chi connectivity index (χ4n) is 2.55. The summed E-state index contributed by atoms with van der Waals surface area (Å²) in [6.45, 7) is 7.93. The number of hydrogen-bond acceptors (Lipinski definition) is 2. The van der Waals surface area contributed by atoms with Crippen LogP contribution in [0, 0.1) is 18.8 Å². The first-order valence-electron chi connectivity index (χ1n) is 7.68. The highest BCUT2D eigenvalue weighted by atomic mass is 16.2. The molecular weight excluding hydrogens is 264 g/mol. The van der Waals surface area contributed by atoms with Crippen LogP contribution in [-0.2, 0) is 16.1 Å². The van der Waals surface area contributed by atoms with E-state index in [2.05, 4.69) is 5.32 Å². The van der Waals surface area contributed by atoms with Crippen molar-refractivity contribution in [2.24, 2.45) is 11.8 Å². The number of rotatable bonds is 6. The maximum absolute atomic E-state index is 12.1. The fourth-order valence-corrected chi connectivity index (χ4v) is 2.55. The van der Waals surface area contributed by atoms with E-state index in [0.717, 1.165) is 5.56 Å². The molecule has 1 fully saturated rings. The van der Waals surface area contributed by atoms with Gasteiger partial charge >= 0.3 is 0 Å². The van der Waals surface area contributed by atoms with Gasteiger partial charge in [0, 0.05) is 19.6 Å². The van der Waals surface area contributed by atoms with Gasteiger partial charge in [0.2, 0.25) is 11.8 Å². The number of carbonyl (C=O) groups excluding carboxylic acids is 2. The molecule has 1 saturated carbocycles. The first kappa shape index (κ1) is 15.5. The summed E-state index contributed by atoms with van der Waals surface area (Å²) >= 11 is 0. The van der Waals surface area contributed by atoms with Gasteiger partial charge in [-0.25, -0.2) is 0 Å². The highest BCUT2D eigenvalue weighted by molar-refractivity contribution is 5.92. The molecule has 0 bridgehead atoms. The molecule has 2 unspecified atom stereocenters. The van der Waals surface area contributed by atoms with Crippen molar-refractivity contribution in [1.29, 1.82) is 0 Å². The molecule has 1 aromatic rings. The summed E-state index contributed by atoms with van der Waals surface area (Å²) < 4.78 is 0. The van der Waals surface area contributed by atoms with Gasteiger partial charge < -0.3 is 10.2 Å². The molecule has 0 spiro atoms. The molecule has 0 saturated heterocycles. The summed E-state index contributed by atoms with van der Waals surface area (Å²) in [5.41, 5.74) is 2.29. The van der Waals surface area contributed by atoms with E-state index >= 15 is 0 Å². The predicted octanol–water partition coefficient (Wildman–Crippen LogP) is 2.12. The number of carbonyl (C=O) groups is 2. The van der Waals surface area contributed by atoms with Crippen LogP contribution in [-0.4, -0.2) is 29.8 Å². The Hall–Kier alpha value is -1.84. The van der Waals surface area contributed by atoms with Crippen LogP contribution in [0.25, 0.3) is 0 Å². The van der Waals surface area contributed by atoms with Crippen LogP contribution in [0.1, 0.15) is 31.4 Å². The van der Waals surface area contributed by atoms with Crippen molar-refractivity contribution >= 4 is 11.8 Å². The number of nitrogens with one attached hydrogen (secondary N) is 1. The third-order valence-corrected chi connectivity index (χ3v) is 4.11. The lowest BCUT2D eigenvalue weighted by molar-refractivity contribution is -0.134. The third kappa shape index (κ3) is 3.84. The van der Waals surface area contributed by atoms with Crippen LogP contribution in [0.3, 0.4) is 0 Å². The van der Waals surface area contributed by atoms with Crippen molar-refractivity contribution in [1.82, 2.24) is 10.2 Å². The average molecular weight is 288 g/mol. The SMILES string of the molecule is CCN(CC)C(=O)C1CC1C(=O)NCc1ccc(C)cc1. The van der Waals surface area contributed by atoms with Crippen LogP contribution in [0.2, 0.25) is 0 Å². The van der Waals surface area contributed by atoms with Crippen molar-refractivity contribution in [2.45, 2.75) is 33.7 Å². The zero-order valence-electron chi connectivity index (χ0n) is 13.1. The smallest absolute Gasteiger partial charge is 0.226 e. The summed E-state index contributed by atoms with van der Waals surface area (Å²) in [5, 5.41) is 2.93. The highest BCUT2D eigenvalue weighted by Crippen LogP contribution is 2.40. The minimum atomic E-state index is -0.136. The van der Waals surface area contributed by atoms with Crippen molar-refractivity contribution in [3.63, 3.8) is 0 Å². The van der Waals surface area contributed by atoms with Crippen LogP contribution in [0.5, 0.6) is 0 Å². The molecule has 0 radical (unpaired) electrons. The lowest BCUT2D eigenvalue weighted by atomic mass is 10.1. The van der Waals surface area contributed by atoms with Crippen molar-refractivity contribution in [2.75, 3.05) is 13.1 Å². The summed E-state index contributed by atoms with van der Waals surface area (Å²) in [6.07, 6.45) is 0.690. The van der Waals surface area contributed by atoms with E-state index in [1.54, 1.807) is 4.90 Å². The molecule has 4 nitrogen and oxygen atoms in total. The first-order valence-corrected chi connectivity index (χ1v) is 7.68.